The van der Waals surface area contributed by atoms with E-state index in [1.807, 2.05) is 24.3 Å². The molecule has 3 nitrogen and oxygen atoms in total. The van der Waals surface area contributed by atoms with Crippen molar-refractivity contribution in [3.8, 4) is 0 Å². The maximum atomic E-state index is 12.6. The lowest BCUT2D eigenvalue weighted by molar-refractivity contribution is -0.139. The number of para-hydroxylation sites is 1. The summed E-state index contributed by atoms with van der Waals surface area (Å²) in [6.07, 6.45) is -4.74. The maximum Gasteiger partial charge on any atom is 0.390 e. The van der Waals surface area contributed by atoms with Gasteiger partial charge in [-0.1, -0.05) is 25.1 Å². The van der Waals surface area contributed by atoms with Crippen LogP contribution in [0.25, 0.3) is 10.9 Å². The molecule has 1 atom stereocenters. The number of alkyl halides is 3. The lowest BCUT2D eigenvalue weighted by Crippen LogP contribution is -2.35. The second-order valence-electron chi connectivity index (χ2n) is 4.87. The number of hydrogen-bond donors (Lipinski definition) is 1. The highest BCUT2D eigenvalue weighted by atomic mass is 19.4. The van der Waals surface area contributed by atoms with E-state index in [1.165, 1.54) is 0 Å². The fourth-order valence-electron chi connectivity index (χ4n) is 2.46. The number of hydrogen-bond acceptors (Lipinski definition) is 2. The zero-order chi connectivity index (χ0) is 14.8. The number of fused-ring (bicyclic) bond motifs is 1. The van der Waals surface area contributed by atoms with Crippen molar-refractivity contribution in [1.29, 1.82) is 0 Å². The van der Waals surface area contributed by atoms with Crippen LogP contribution in [0.5, 0.6) is 0 Å². The van der Waals surface area contributed by atoms with Crippen LogP contribution in [0.4, 0.5) is 13.2 Å². The Morgan fingerprint density at radius 3 is 2.65 bits per heavy atom. The van der Waals surface area contributed by atoms with Crippen molar-refractivity contribution in [2.45, 2.75) is 32.0 Å². The first-order valence-corrected chi connectivity index (χ1v) is 6.61. The average molecular weight is 285 g/mol. The molecule has 1 aromatic heterocycles. The standard InChI is InChI=1S/C14H18F3N3/c1-3-18-10(9-14(15,16)17)8-12-11-6-4-5-7-13(11)20(2)19-12/h4-7,10,18H,3,8-9H2,1-2H3. The summed E-state index contributed by atoms with van der Waals surface area (Å²) >= 11 is 0. The first-order valence-electron chi connectivity index (χ1n) is 6.61. The Bertz CT molecular complexity index is 575. The molecule has 0 saturated carbocycles. The Hall–Kier alpha value is -1.56. The summed E-state index contributed by atoms with van der Waals surface area (Å²) in [5, 5.41) is 8.16. The van der Waals surface area contributed by atoms with Gasteiger partial charge in [-0.15, -0.1) is 0 Å². The minimum atomic E-state index is -4.17. The SMILES string of the molecule is CCNC(Cc1nn(C)c2ccccc12)CC(F)(F)F. The van der Waals surface area contributed by atoms with E-state index < -0.39 is 18.6 Å². The Kier molecular flexibility index (Phi) is 4.32. The van der Waals surface area contributed by atoms with Gasteiger partial charge in [0, 0.05) is 24.9 Å². The number of nitrogens with one attached hydrogen (secondary N) is 1. The predicted molar refractivity (Wildman–Crippen MR) is 72.6 cm³/mol. The minimum absolute atomic E-state index is 0.273. The number of halogens is 3. The smallest absolute Gasteiger partial charge is 0.314 e. The van der Waals surface area contributed by atoms with Gasteiger partial charge in [-0.25, -0.2) is 0 Å². The van der Waals surface area contributed by atoms with Crippen LogP contribution in [-0.2, 0) is 13.5 Å². The molecule has 0 aliphatic carbocycles. The Balaban J connectivity index is 2.24. The lowest BCUT2D eigenvalue weighted by atomic mass is 10.0. The normalized spacial score (nSPS) is 13.8. The van der Waals surface area contributed by atoms with Gasteiger partial charge in [-0.05, 0) is 12.6 Å². The molecule has 0 fully saturated rings. The maximum absolute atomic E-state index is 12.6. The average Bonchev–Trinajstić information content (AvgIpc) is 2.65. The predicted octanol–water partition coefficient (Wildman–Crippen LogP) is 3.05. The molecule has 0 bridgehead atoms. The summed E-state index contributed by atoms with van der Waals surface area (Å²) < 4.78 is 39.5. The van der Waals surface area contributed by atoms with E-state index in [9.17, 15) is 13.2 Å². The van der Waals surface area contributed by atoms with E-state index in [-0.39, 0.29) is 6.42 Å². The number of aromatic nitrogens is 2. The van der Waals surface area contributed by atoms with Crippen LogP contribution in [0.1, 0.15) is 19.0 Å². The van der Waals surface area contributed by atoms with Crippen molar-refractivity contribution in [3.63, 3.8) is 0 Å². The number of rotatable bonds is 5. The van der Waals surface area contributed by atoms with E-state index in [4.69, 9.17) is 0 Å². The first kappa shape index (κ1) is 14.8. The quantitative estimate of drug-likeness (QED) is 0.915. The summed E-state index contributed by atoms with van der Waals surface area (Å²) in [6, 6.07) is 6.94. The summed E-state index contributed by atoms with van der Waals surface area (Å²) in [4.78, 5) is 0. The number of likely N-dealkylation sites (N-methyl/N-ethyl adjacent to an activating group) is 1. The van der Waals surface area contributed by atoms with Crippen LogP contribution in [0.3, 0.4) is 0 Å². The third-order valence-corrected chi connectivity index (χ3v) is 3.24. The van der Waals surface area contributed by atoms with Crippen LogP contribution in [0, 0.1) is 0 Å². The number of aryl methyl sites for hydroxylation is 1. The molecule has 1 unspecified atom stereocenters. The third kappa shape index (κ3) is 3.50. The van der Waals surface area contributed by atoms with Gasteiger partial charge in [-0.2, -0.15) is 18.3 Å². The zero-order valence-corrected chi connectivity index (χ0v) is 11.5. The van der Waals surface area contributed by atoms with E-state index >= 15 is 0 Å². The van der Waals surface area contributed by atoms with Gasteiger partial charge in [0.15, 0.2) is 0 Å². The first-order chi connectivity index (χ1) is 9.40. The van der Waals surface area contributed by atoms with Crippen molar-refractivity contribution in [2.24, 2.45) is 7.05 Å². The number of nitrogens with zero attached hydrogens (tertiary/aromatic N) is 2. The molecule has 0 saturated heterocycles. The van der Waals surface area contributed by atoms with E-state index in [0.29, 0.717) is 12.2 Å². The van der Waals surface area contributed by atoms with Gasteiger partial charge in [0.25, 0.3) is 0 Å². The largest absolute Gasteiger partial charge is 0.390 e. The Labute approximate surface area is 115 Å². The van der Waals surface area contributed by atoms with Crippen LogP contribution in [-0.4, -0.2) is 28.5 Å². The highest BCUT2D eigenvalue weighted by molar-refractivity contribution is 5.81. The molecule has 0 radical (unpaired) electrons. The second-order valence-corrected chi connectivity index (χ2v) is 4.87. The molecular weight excluding hydrogens is 267 g/mol. The van der Waals surface area contributed by atoms with Gasteiger partial charge in [0.2, 0.25) is 0 Å². The summed E-state index contributed by atoms with van der Waals surface area (Å²) in [5.74, 6) is 0. The molecular formula is C14H18F3N3. The van der Waals surface area contributed by atoms with Crippen LogP contribution in [0.15, 0.2) is 24.3 Å². The van der Waals surface area contributed by atoms with E-state index in [2.05, 4.69) is 10.4 Å². The molecule has 0 aliphatic rings. The highest BCUT2D eigenvalue weighted by Gasteiger charge is 2.32. The Morgan fingerprint density at radius 1 is 1.30 bits per heavy atom. The fraction of sp³-hybridized carbons (Fsp3) is 0.500. The highest BCUT2D eigenvalue weighted by Crippen LogP contribution is 2.25. The van der Waals surface area contributed by atoms with Crippen LogP contribution < -0.4 is 5.32 Å². The molecule has 20 heavy (non-hydrogen) atoms. The van der Waals surface area contributed by atoms with Gasteiger partial charge in [-0.3, -0.25) is 4.68 Å². The topological polar surface area (TPSA) is 29.9 Å². The van der Waals surface area contributed by atoms with Crippen molar-refractivity contribution in [1.82, 2.24) is 15.1 Å². The van der Waals surface area contributed by atoms with E-state index in [0.717, 1.165) is 10.9 Å². The molecule has 1 aromatic carbocycles. The van der Waals surface area contributed by atoms with Crippen molar-refractivity contribution in [3.05, 3.63) is 30.0 Å². The third-order valence-electron chi connectivity index (χ3n) is 3.24. The molecule has 110 valence electrons. The van der Waals surface area contributed by atoms with Gasteiger partial charge in [0.1, 0.15) is 0 Å². The summed E-state index contributed by atoms with van der Waals surface area (Å²) in [6.45, 7) is 2.31. The van der Waals surface area contributed by atoms with E-state index in [1.54, 1.807) is 18.7 Å². The van der Waals surface area contributed by atoms with Gasteiger partial charge >= 0.3 is 6.18 Å². The van der Waals surface area contributed by atoms with Crippen LogP contribution >= 0.6 is 0 Å². The lowest BCUT2D eigenvalue weighted by Gasteiger charge is -2.18. The van der Waals surface area contributed by atoms with Crippen molar-refractivity contribution >= 4 is 10.9 Å². The summed E-state index contributed by atoms with van der Waals surface area (Å²) in [5.41, 5.74) is 1.64. The zero-order valence-electron chi connectivity index (χ0n) is 11.5. The monoisotopic (exact) mass is 285 g/mol. The molecule has 6 heteroatoms. The number of benzene rings is 1. The molecule has 0 aliphatic heterocycles. The molecule has 2 aromatic rings. The van der Waals surface area contributed by atoms with Crippen LogP contribution in [0.2, 0.25) is 0 Å². The fourth-order valence-corrected chi connectivity index (χ4v) is 2.46. The van der Waals surface area contributed by atoms with Gasteiger partial charge < -0.3 is 5.32 Å². The second kappa shape index (κ2) is 5.83. The molecule has 0 spiro atoms. The molecule has 2 rings (SSSR count). The molecule has 0 amide bonds. The molecule has 1 heterocycles. The van der Waals surface area contributed by atoms with Gasteiger partial charge in [0.05, 0.1) is 17.6 Å². The molecule has 1 N–H and O–H groups in total. The minimum Gasteiger partial charge on any atom is -0.314 e. The summed E-state index contributed by atoms with van der Waals surface area (Å²) in [7, 11) is 1.80. The van der Waals surface area contributed by atoms with Crippen molar-refractivity contribution < 1.29 is 13.2 Å². The Morgan fingerprint density at radius 2 is 2.00 bits per heavy atom. The van der Waals surface area contributed by atoms with Crippen molar-refractivity contribution in [2.75, 3.05) is 6.54 Å².